The number of aliphatic hydroxyl groups is 1. The number of halogens is 3. The number of nitrogens with one attached hydrogen (secondary N) is 1. The Balaban J connectivity index is 0.00000264. The van der Waals surface area contributed by atoms with Gasteiger partial charge in [0, 0.05) is 26.2 Å². The number of rotatable bonds is 5. The number of methoxy groups -OCH3 is 1. The van der Waals surface area contributed by atoms with Crippen LogP contribution in [0.15, 0.2) is 24.3 Å². The minimum Gasteiger partial charge on any atom is -0.465 e. The molecule has 1 aliphatic rings. The lowest BCUT2D eigenvalue weighted by Gasteiger charge is -2.38. The molecule has 2 rings (SSSR count). The molecule has 0 saturated carbocycles. The van der Waals surface area contributed by atoms with E-state index in [0.29, 0.717) is 31.7 Å². The summed E-state index contributed by atoms with van der Waals surface area (Å²) in [5.74, 6) is -3.88. The van der Waals surface area contributed by atoms with Crippen LogP contribution in [0.5, 0.6) is 0 Å². The van der Waals surface area contributed by atoms with Gasteiger partial charge < -0.3 is 15.2 Å². The standard InChI is InChI=1S/C15H20F2N2O3.ClH/c1-22-14(21)12-4-2-3-11(9-12)13(15(16,17)10-20)19-7-5-18-6-8-19;/h2-4,9,13,18,20H,5-8,10H2,1H3;1H/t13-;/m0./s1. The summed E-state index contributed by atoms with van der Waals surface area (Å²) in [4.78, 5) is 13.2. The van der Waals surface area contributed by atoms with Crippen LogP contribution in [0.4, 0.5) is 8.78 Å². The molecule has 130 valence electrons. The number of alkyl halides is 2. The summed E-state index contributed by atoms with van der Waals surface area (Å²) >= 11 is 0. The van der Waals surface area contributed by atoms with Crippen molar-refractivity contribution in [2.24, 2.45) is 0 Å². The number of piperazine rings is 1. The van der Waals surface area contributed by atoms with Gasteiger partial charge in [-0.2, -0.15) is 0 Å². The second-order valence-electron chi connectivity index (χ2n) is 5.22. The predicted octanol–water partition coefficient (Wildman–Crippen LogP) is 1.47. The summed E-state index contributed by atoms with van der Waals surface area (Å²) in [5.41, 5.74) is 0.512. The zero-order valence-corrected chi connectivity index (χ0v) is 13.6. The van der Waals surface area contributed by atoms with Crippen LogP contribution in [0, 0.1) is 0 Å². The highest BCUT2D eigenvalue weighted by Gasteiger charge is 2.44. The number of nitrogens with zero attached hydrogens (tertiary/aromatic N) is 1. The molecule has 23 heavy (non-hydrogen) atoms. The third-order valence-corrected chi connectivity index (χ3v) is 3.75. The Morgan fingerprint density at radius 2 is 2.09 bits per heavy atom. The van der Waals surface area contributed by atoms with Crippen LogP contribution in [0.3, 0.4) is 0 Å². The number of carbonyl (C=O) groups excluding carboxylic acids is 1. The quantitative estimate of drug-likeness (QED) is 0.787. The van der Waals surface area contributed by atoms with Crippen LogP contribution < -0.4 is 5.32 Å². The van der Waals surface area contributed by atoms with E-state index < -0.39 is 24.5 Å². The third kappa shape index (κ3) is 4.60. The van der Waals surface area contributed by atoms with Crippen LogP contribution in [-0.4, -0.2) is 61.8 Å². The van der Waals surface area contributed by atoms with Crippen molar-refractivity contribution in [2.45, 2.75) is 12.0 Å². The van der Waals surface area contributed by atoms with Crippen molar-refractivity contribution >= 4 is 18.4 Å². The Bertz CT molecular complexity index is 525. The van der Waals surface area contributed by atoms with Crippen LogP contribution in [0.1, 0.15) is 22.0 Å². The summed E-state index contributed by atoms with van der Waals surface area (Å²) < 4.78 is 33.2. The zero-order chi connectivity index (χ0) is 16.2. The molecule has 0 bridgehead atoms. The lowest BCUT2D eigenvalue weighted by atomic mass is 9.96. The van der Waals surface area contributed by atoms with Gasteiger partial charge in [-0.05, 0) is 17.7 Å². The summed E-state index contributed by atoms with van der Waals surface area (Å²) in [5, 5.41) is 12.2. The Hall–Kier alpha value is -1.28. The lowest BCUT2D eigenvalue weighted by molar-refractivity contribution is -0.118. The monoisotopic (exact) mass is 350 g/mol. The van der Waals surface area contributed by atoms with Gasteiger partial charge in [0.1, 0.15) is 12.6 Å². The van der Waals surface area contributed by atoms with E-state index in [9.17, 15) is 13.6 Å². The molecule has 1 heterocycles. The van der Waals surface area contributed by atoms with Crippen molar-refractivity contribution < 1.29 is 23.4 Å². The second kappa shape index (κ2) is 8.54. The molecule has 0 unspecified atom stereocenters. The smallest absolute Gasteiger partial charge is 0.337 e. The maximum Gasteiger partial charge on any atom is 0.337 e. The van der Waals surface area contributed by atoms with Gasteiger partial charge >= 0.3 is 5.97 Å². The minimum atomic E-state index is -3.30. The molecule has 1 aromatic carbocycles. The van der Waals surface area contributed by atoms with Gasteiger partial charge in [-0.1, -0.05) is 12.1 Å². The first-order valence-corrected chi connectivity index (χ1v) is 7.11. The highest BCUT2D eigenvalue weighted by molar-refractivity contribution is 5.89. The fraction of sp³-hybridized carbons (Fsp3) is 0.533. The van der Waals surface area contributed by atoms with E-state index in [1.807, 2.05) is 0 Å². The van der Waals surface area contributed by atoms with Crippen LogP contribution >= 0.6 is 12.4 Å². The number of hydrogen-bond acceptors (Lipinski definition) is 5. The average Bonchev–Trinajstić information content (AvgIpc) is 2.55. The number of aliphatic hydroxyl groups excluding tert-OH is 1. The largest absolute Gasteiger partial charge is 0.465 e. The molecule has 0 radical (unpaired) electrons. The van der Waals surface area contributed by atoms with Gasteiger partial charge in [0.2, 0.25) is 0 Å². The SMILES string of the molecule is COC(=O)c1cccc([C@H](N2CCNCC2)C(F)(F)CO)c1.Cl. The normalized spacial score (nSPS) is 17.2. The molecule has 0 spiro atoms. The van der Waals surface area contributed by atoms with Gasteiger partial charge in [-0.3, -0.25) is 4.90 Å². The number of benzene rings is 1. The van der Waals surface area contributed by atoms with Crippen LogP contribution in [0.2, 0.25) is 0 Å². The van der Waals surface area contributed by atoms with Gasteiger partial charge in [0.05, 0.1) is 12.7 Å². The molecular formula is C15H21ClF2N2O3. The minimum absolute atomic E-state index is 0. The van der Waals surface area contributed by atoms with E-state index in [1.165, 1.54) is 19.2 Å². The zero-order valence-electron chi connectivity index (χ0n) is 12.8. The van der Waals surface area contributed by atoms with Gasteiger partial charge in [-0.15, -0.1) is 12.4 Å². The first-order valence-electron chi connectivity index (χ1n) is 7.11. The molecule has 1 atom stereocenters. The van der Waals surface area contributed by atoms with Crippen molar-refractivity contribution in [3.63, 3.8) is 0 Å². The molecule has 2 N–H and O–H groups in total. The first-order chi connectivity index (χ1) is 10.5. The van der Waals surface area contributed by atoms with Crippen molar-refractivity contribution in [3.8, 4) is 0 Å². The van der Waals surface area contributed by atoms with Crippen molar-refractivity contribution in [1.29, 1.82) is 0 Å². The van der Waals surface area contributed by atoms with Crippen molar-refractivity contribution in [1.82, 2.24) is 10.2 Å². The van der Waals surface area contributed by atoms with Crippen molar-refractivity contribution in [3.05, 3.63) is 35.4 Å². The summed E-state index contributed by atoms with van der Waals surface area (Å²) in [7, 11) is 1.24. The highest BCUT2D eigenvalue weighted by atomic mass is 35.5. The maximum atomic E-state index is 14.3. The summed E-state index contributed by atoms with van der Waals surface area (Å²) in [6.07, 6.45) is 0. The Morgan fingerprint density at radius 1 is 1.43 bits per heavy atom. The summed E-state index contributed by atoms with van der Waals surface area (Å²) in [6.45, 7) is 0.860. The van der Waals surface area contributed by atoms with Gasteiger partial charge in [-0.25, -0.2) is 13.6 Å². The molecule has 5 nitrogen and oxygen atoms in total. The molecule has 8 heteroatoms. The van der Waals surface area contributed by atoms with E-state index in [2.05, 4.69) is 10.1 Å². The number of ether oxygens (including phenoxy) is 1. The Labute approximate surface area is 140 Å². The summed E-state index contributed by atoms with van der Waals surface area (Å²) in [6, 6.07) is 4.74. The molecule has 0 amide bonds. The fourth-order valence-corrected chi connectivity index (χ4v) is 2.70. The highest BCUT2D eigenvalue weighted by Crippen LogP contribution is 2.36. The van der Waals surface area contributed by atoms with E-state index in [1.54, 1.807) is 17.0 Å². The Morgan fingerprint density at radius 3 is 2.65 bits per heavy atom. The third-order valence-electron chi connectivity index (χ3n) is 3.75. The molecule has 1 saturated heterocycles. The molecule has 0 aliphatic carbocycles. The topological polar surface area (TPSA) is 61.8 Å². The lowest BCUT2D eigenvalue weighted by Crippen LogP contribution is -2.51. The van der Waals surface area contributed by atoms with Crippen molar-refractivity contribution in [2.75, 3.05) is 39.9 Å². The molecule has 1 aliphatic heterocycles. The van der Waals surface area contributed by atoms with E-state index in [-0.39, 0.29) is 18.0 Å². The molecule has 1 aromatic rings. The average molecular weight is 351 g/mol. The van der Waals surface area contributed by atoms with Gasteiger partial charge in [0.25, 0.3) is 5.92 Å². The maximum absolute atomic E-state index is 14.3. The van der Waals surface area contributed by atoms with E-state index in [0.717, 1.165) is 0 Å². The number of hydrogen-bond donors (Lipinski definition) is 2. The van der Waals surface area contributed by atoms with Crippen LogP contribution in [-0.2, 0) is 4.74 Å². The predicted molar refractivity (Wildman–Crippen MR) is 84.2 cm³/mol. The molecule has 0 aromatic heterocycles. The number of esters is 1. The Kier molecular flexibility index (Phi) is 7.34. The molecule has 1 fully saturated rings. The fourth-order valence-electron chi connectivity index (χ4n) is 2.70. The van der Waals surface area contributed by atoms with E-state index in [4.69, 9.17) is 5.11 Å². The first kappa shape index (κ1) is 19.8. The van der Waals surface area contributed by atoms with E-state index >= 15 is 0 Å². The molecular weight excluding hydrogens is 330 g/mol. The van der Waals surface area contributed by atoms with Gasteiger partial charge in [0.15, 0.2) is 0 Å². The van der Waals surface area contributed by atoms with Crippen LogP contribution in [0.25, 0.3) is 0 Å². The second-order valence-corrected chi connectivity index (χ2v) is 5.22. The number of carbonyl (C=O) groups is 1.